The summed E-state index contributed by atoms with van der Waals surface area (Å²) in [6.07, 6.45) is 6.13. The summed E-state index contributed by atoms with van der Waals surface area (Å²) < 4.78 is 0. The fourth-order valence-electron chi connectivity index (χ4n) is 2.04. The zero-order valence-corrected chi connectivity index (χ0v) is 8.49. The molecule has 1 saturated carbocycles. The summed E-state index contributed by atoms with van der Waals surface area (Å²) in [5.74, 6) is 0. The lowest BCUT2D eigenvalue weighted by atomic mass is 9.82. The van der Waals surface area contributed by atoms with Gasteiger partial charge in [0, 0.05) is 0 Å². The molecule has 1 aliphatic heterocycles. The molecule has 1 heterocycles. The molecular weight excluding hydrogens is 188 g/mol. The molecule has 2 rings (SSSR count). The zero-order chi connectivity index (χ0) is 8.60. The van der Waals surface area contributed by atoms with Crippen LogP contribution in [0.25, 0.3) is 0 Å². The van der Waals surface area contributed by atoms with Crippen LogP contribution in [0.4, 0.5) is 0 Å². The van der Waals surface area contributed by atoms with Crippen LogP contribution >= 0.6 is 24.4 Å². The van der Waals surface area contributed by atoms with E-state index in [-0.39, 0.29) is 5.54 Å². The van der Waals surface area contributed by atoms with E-state index in [1.807, 2.05) is 0 Å². The van der Waals surface area contributed by atoms with E-state index in [4.69, 9.17) is 24.4 Å². The van der Waals surface area contributed by atoms with Crippen molar-refractivity contribution in [3.63, 3.8) is 0 Å². The Balaban J connectivity index is 2.18. The van der Waals surface area contributed by atoms with Crippen LogP contribution in [0.15, 0.2) is 0 Å². The normalized spacial score (nSPS) is 27.0. The van der Waals surface area contributed by atoms with Gasteiger partial charge in [0.15, 0.2) is 5.11 Å². The Kier molecular flexibility index (Phi) is 2.04. The van der Waals surface area contributed by atoms with Crippen molar-refractivity contribution in [1.29, 1.82) is 0 Å². The molecule has 2 nitrogen and oxygen atoms in total. The SMILES string of the molecule is S=C1NC(=S)C2(CCCCC2)N1. The molecule has 4 heteroatoms. The lowest BCUT2D eigenvalue weighted by molar-refractivity contribution is 0.362. The number of thiocarbonyl (C=S) groups is 2. The molecule has 0 aromatic rings. The standard InChI is InChI=1S/C8H12N2S2/c11-6-8(10-7(12)9-6)4-2-1-3-5-8/h1-5H2,(H2,9,10,11,12). The first-order valence-electron chi connectivity index (χ1n) is 4.37. The van der Waals surface area contributed by atoms with E-state index in [0.29, 0.717) is 5.11 Å². The molecule has 0 atom stereocenters. The van der Waals surface area contributed by atoms with E-state index in [2.05, 4.69) is 10.6 Å². The third-order valence-corrected chi connectivity index (χ3v) is 3.42. The molecular formula is C8H12N2S2. The highest BCUT2D eigenvalue weighted by Crippen LogP contribution is 2.31. The second-order valence-electron chi connectivity index (χ2n) is 3.55. The molecule has 0 aromatic heterocycles. The van der Waals surface area contributed by atoms with Gasteiger partial charge >= 0.3 is 0 Å². The highest BCUT2D eigenvalue weighted by Gasteiger charge is 2.41. The smallest absolute Gasteiger partial charge is 0.172 e. The molecule has 1 saturated heterocycles. The van der Waals surface area contributed by atoms with Gasteiger partial charge in [0.25, 0.3) is 0 Å². The van der Waals surface area contributed by atoms with Crippen LogP contribution in [0.1, 0.15) is 32.1 Å². The predicted molar refractivity (Wildman–Crippen MR) is 57.3 cm³/mol. The first kappa shape index (κ1) is 8.38. The van der Waals surface area contributed by atoms with Gasteiger partial charge in [-0.1, -0.05) is 31.5 Å². The number of hydrogen-bond acceptors (Lipinski definition) is 2. The lowest BCUT2D eigenvalue weighted by Crippen LogP contribution is -2.47. The van der Waals surface area contributed by atoms with Crippen LogP contribution in [-0.4, -0.2) is 15.6 Å². The first-order chi connectivity index (χ1) is 5.73. The maximum atomic E-state index is 5.27. The van der Waals surface area contributed by atoms with Crippen molar-refractivity contribution in [2.24, 2.45) is 0 Å². The summed E-state index contributed by atoms with van der Waals surface area (Å²) in [4.78, 5) is 0.909. The summed E-state index contributed by atoms with van der Waals surface area (Å²) in [6.45, 7) is 0. The Hall–Kier alpha value is -0.220. The van der Waals surface area contributed by atoms with E-state index in [0.717, 1.165) is 17.8 Å². The average Bonchev–Trinajstić information content (AvgIpc) is 2.29. The largest absolute Gasteiger partial charge is 0.351 e. The molecule has 0 amide bonds. The predicted octanol–water partition coefficient (Wildman–Crippen LogP) is 1.49. The van der Waals surface area contributed by atoms with Crippen LogP contribution < -0.4 is 10.6 Å². The minimum Gasteiger partial charge on any atom is -0.351 e. The van der Waals surface area contributed by atoms with Crippen molar-refractivity contribution < 1.29 is 0 Å². The highest BCUT2D eigenvalue weighted by atomic mass is 32.1. The number of nitrogens with one attached hydrogen (secondary N) is 2. The van der Waals surface area contributed by atoms with Crippen LogP contribution in [0.2, 0.25) is 0 Å². The quantitative estimate of drug-likeness (QED) is 0.579. The van der Waals surface area contributed by atoms with E-state index in [1.165, 1.54) is 19.3 Å². The van der Waals surface area contributed by atoms with Crippen molar-refractivity contribution in [3.8, 4) is 0 Å². The second-order valence-corrected chi connectivity index (χ2v) is 4.37. The summed E-state index contributed by atoms with van der Waals surface area (Å²) >= 11 is 10.3. The third-order valence-electron chi connectivity index (χ3n) is 2.72. The molecule has 2 aliphatic rings. The molecule has 0 bridgehead atoms. The fraction of sp³-hybridized carbons (Fsp3) is 0.750. The van der Waals surface area contributed by atoms with E-state index in [9.17, 15) is 0 Å². The Morgan fingerprint density at radius 2 is 1.75 bits per heavy atom. The third kappa shape index (κ3) is 1.23. The van der Waals surface area contributed by atoms with Crippen molar-refractivity contribution >= 4 is 34.5 Å². The Bertz CT molecular complexity index is 231. The molecule has 0 unspecified atom stereocenters. The van der Waals surface area contributed by atoms with Crippen LogP contribution in [0.3, 0.4) is 0 Å². The van der Waals surface area contributed by atoms with Gasteiger partial charge in [-0.2, -0.15) is 0 Å². The molecule has 1 spiro atoms. The molecule has 2 N–H and O–H groups in total. The van der Waals surface area contributed by atoms with E-state index in [1.54, 1.807) is 0 Å². The zero-order valence-electron chi connectivity index (χ0n) is 6.85. The minimum atomic E-state index is 0.0324. The molecule has 12 heavy (non-hydrogen) atoms. The van der Waals surface area contributed by atoms with Gasteiger partial charge in [0.2, 0.25) is 0 Å². The van der Waals surface area contributed by atoms with E-state index >= 15 is 0 Å². The monoisotopic (exact) mass is 200 g/mol. The molecule has 2 fully saturated rings. The summed E-state index contributed by atoms with van der Waals surface area (Å²) in [7, 11) is 0. The van der Waals surface area contributed by atoms with Crippen molar-refractivity contribution in [2.45, 2.75) is 37.6 Å². The lowest BCUT2D eigenvalue weighted by Gasteiger charge is -2.32. The van der Waals surface area contributed by atoms with Crippen LogP contribution in [0, 0.1) is 0 Å². The van der Waals surface area contributed by atoms with Gasteiger partial charge in [-0.3, -0.25) is 0 Å². The molecule has 0 aromatic carbocycles. The number of rotatable bonds is 0. The van der Waals surface area contributed by atoms with Crippen molar-refractivity contribution in [1.82, 2.24) is 10.6 Å². The van der Waals surface area contributed by atoms with Gasteiger partial charge < -0.3 is 10.6 Å². The summed E-state index contributed by atoms with van der Waals surface area (Å²) in [6, 6.07) is 0. The second kappa shape index (κ2) is 2.92. The molecule has 0 radical (unpaired) electrons. The molecule has 66 valence electrons. The maximum absolute atomic E-state index is 5.27. The minimum absolute atomic E-state index is 0.0324. The van der Waals surface area contributed by atoms with E-state index < -0.39 is 0 Å². The topological polar surface area (TPSA) is 24.1 Å². The summed E-state index contributed by atoms with van der Waals surface area (Å²) in [5, 5.41) is 7.04. The van der Waals surface area contributed by atoms with Gasteiger partial charge in [-0.25, -0.2) is 0 Å². The Morgan fingerprint density at radius 1 is 1.08 bits per heavy atom. The summed E-state index contributed by atoms with van der Waals surface area (Å²) in [5.41, 5.74) is 0.0324. The number of hydrogen-bond donors (Lipinski definition) is 2. The molecule has 1 aliphatic carbocycles. The van der Waals surface area contributed by atoms with Gasteiger partial charge in [-0.15, -0.1) is 0 Å². The van der Waals surface area contributed by atoms with Crippen molar-refractivity contribution in [3.05, 3.63) is 0 Å². The first-order valence-corrected chi connectivity index (χ1v) is 5.18. The van der Waals surface area contributed by atoms with Crippen molar-refractivity contribution in [2.75, 3.05) is 0 Å². The van der Waals surface area contributed by atoms with Crippen LogP contribution in [0.5, 0.6) is 0 Å². The van der Waals surface area contributed by atoms with Gasteiger partial charge in [0.05, 0.1) is 5.54 Å². The van der Waals surface area contributed by atoms with Crippen LogP contribution in [-0.2, 0) is 0 Å². The van der Waals surface area contributed by atoms with Gasteiger partial charge in [-0.05, 0) is 25.1 Å². The fourth-order valence-corrected chi connectivity index (χ4v) is 2.75. The highest BCUT2D eigenvalue weighted by molar-refractivity contribution is 7.82. The average molecular weight is 200 g/mol. The maximum Gasteiger partial charge on any atom is 0.172 e. The van der Waals surface area contributed by atoms with Gasteiger partial charge in [0.1, 0.15) is 4.99 Å². The Morgan fingerprint density at radius 3 is 2.25 bits per heavy atom. The Labute approximate surface area is 83.1 Å².